The fourth-order valence-corrected chi connectivity index (χ4v) is 2.07. The van der Waals surface area contributed by atoms with Crippen LogP contribution in [0.15, 0.2) is 36.8 Å². The van der Waals surface area contributed by atoms with E-state index in [0.717, 1.165) is 32.2 Å². The Bertz CT molecular complexity index is 553. The van der Waals surface area contributed by atoms with Gasteiger partial charge in [0.15, 0.2) is 5.82 Å². The van der Waals surface area contributed by atoms with Crippen LogP contribution in [0.2, 0.25) is 0 Å². The van der Waals surface area contributed by atoms with Crippen LogP contribution in [-0.4, -0.2) is 27.2 Å². The molecule has 0 unspecified atom stereocenters. The number of nitrogens with zero attached hydrogens (tertiary/aromatic N) is 3. The van der Waals surface area contributed by atoms with Crippen molar-refractivity contribution in [3.63, 3.8) is 0 Å². The molecule has 0 spiro atoms. The second-order valence-corrected chi connectivity index (χ2v) is 4.83. The lowest BCUT2D eigenvalue weighted by Crippen LogP contribution is -2.14. The molecule has 2 heterocycles. The average molecular weight is 287 g/mol. The van der Waals surface area contributed by atoms with Crippen LogP contribution in [0.5, 0.6) is 0 Å². The number of carbonyl (C=O) groups excluding carboxylic acids is 1. The zero-order valence-electron chi connectivity index (χ0n) is 12.0. The molecule has 0 aliphatic carbocycles. The molecule has 0 aliphatic rings. The van der Waals surface area contributed by atoms with E-state index in [1.807, 2.05) is 12.1 Å². The minimum absolute atomic E-state index is 0.00385. The third-order valence-electron chi connectivity index (χ3n) is 3.14. The van der Waals surface area contributed by atoms with E-state index < -0.39 is 0 Å². The number of unbranched alkanes of at least 4 members (excludes halogenated alkanes) is 3. The Morgan fingerprint density at radius 3 is 2.81 bits per heavy atom. The highest BCUT2D eigenvalue weighted by Gasteiger charge is 2.09. The summed E-state index contributed by atoms with van der Waals surface area (Å²) in [6.07, 6.45) is 9.68. The van der Waals surface area contributed by atoms with Crippen molar-refractivity contribution >= 4 is 11.6 Å². The Kier molecular flexibility index (Phi) is 5.90. The molecule has 0 aromatic carbocycles. The van der Waals surface area contributed by atoms with Gasteiger partial charge in [0.1, 0.15) is 0 Å². The topological polar surface area (TPSA) is 85.8 Å². The quantitative estimate of drug-likeness (QED) is 0.728. The molecule has 2 aromatic rings. The maximum atomic E-state index is 12.0. The lowest BCUT2D eigenvalue weighted by molar-refractivity contribution is -0.116. The smallest absolute Gasteiger partial charge is 0.224 e. The predicted octanol–water partition coefficient (Wildman–Crippen LogP) is 2.12. The van der Waals surface area contributed by atoms with E-state index in [4.69, 9.17) is 5.73 Å². The molecule has 0 fully saturated rings. The predicted molar refractivity (Wildman–Crippen MR) is 82.1 cm³/mol. The van der Waals surface area contributed by atoms with Gasteiger partial charge >= 0.3 is 0 Å². The Balaban J connectivity index is 1.89. The number of nitrogens with two attached hydrogens (primary N) is 1. The molecule has 0 saturated heterocycles. The Morgan fingerprint density at radius 2 is 2.05 bits per heavy atom. The third-order valence-corrected chi connectivity index (χ3v) is 3.14. The largest absolute Gasteiger partial charge is 0.330 e. The van der Waals surface area contributed by atoms with Crippen molar-refractivity contribution in [2.45, 2.75) is 32.1 Å². The second kappa shape index (κ2) is 8.16. The number of anilines is 1. The normalized spacial score (nSPS) is 10.5. The molecule has 1 amide bonds. The van der Waals surface area contributed by atoms with Crippen LogP contribution < -0.4 is 11.1 Å². The van der Waals surface area contributed by atoms with Gasteiger partial charge in [-0.25, -0.2) is 9.67 Å². The molecule has 0 saturated carbocycles. The number of pyridine rings is 1. The van der Waals surface area contributed by atoms with E-state index in [0.29, 0.717) is 17.9 Å². The lowest BCUT2D eigenvalue weighted by Gasteiger charge is -2.09. The number of aromatic nitrogens is 3. The van der Waals surface area contributed by atoms with Crippen LogP contribution in [0.3, 0.4) is 0 Å². The molecule has 112 valence electrons. The van der Waals surface area contributed by atoms with Crippen LogP contribution in [0.1, 0.15) is 32.1 Å². The summed E-state index contributed by atoms with van der Waals surface area (Å²) in [6, 6.07) is 5.44. The standard InChI is InChI=1S/C15H21N5O/c16-9-4-2-1-3-8-14(21)19-13-7-5-10-17-15(13)20-12-6-11-18-20/h5-7,10-12H,1-4,8-9,16H2,(H,19,21). The fourth-order valence-electron chi connectivity index (χ4n) is 2.07. The highest BCUT2D eigenvalue weighted by atomic mass is 16.1. The van der Waals surface area contributed by atoms with Gasteiger partial charge in [0.25, 0.3) is 0 Å². The van der Waals surface area contributed by atoms with Crippen LogP contribution in [0.4, 0.5) is 5.69 Å². The summed E-state index contributed by atoms with van der Waals surface area (Å²) < 4.78 is 1.64. The van der Waals surface area contributed by atoms with Crippen molar-refractivity contribution in [2.75, 3.05) is 11.9 Å². The first-order valence-electron chi connectivity index (χ1n) is 7.26. The van der Waals surface area contributed by atoms with Crippen LogP contribution in [0, 0.1) is 0 Å². The molecule has 21 heavy (non-hydrogen) atoms. The summed E-state index contributed by atoms with van der Waals surface area (Å²) in [5.41, 5.74) is 6.12. The van der Waals surface area contributed by atoms with E-state index in [1.165, 1.54) is 0 Å². The van der Waals surface area contributed by atoms with Crippen LogP contribution in [0.25, 0.3) is 5.82 Å². The van der Waals surface area contributed by atoms with Crippen molar-refractivity contribution in [3.05, 3.63) is 36.8 Å². The zero-order valence-corrected chi connectivity index (χ0v) is 12.0. The van der Waals surface area contributed by atoms with Gasteiger partial charge in [-0.1, -0.05) is 12.8 Å². The zero-order chi connectivity index (χ0) is 14.9. The molecule has 2 aromatic heterocycles. The van der Waals surface area contributed by atoms with Crippen molar-refractivity contribution in [2.24, 2.45) is 5.73 Å². The minimum atomic E-state index is 0.00385. The summed E-state index contributed by atoms with van der Waals surface area (Å²) in [5, 5.41) is 7.04. The van der Waals surface area contributed by atoms with Crippen molar-refractivity contribution in [3.8, 4) is 5.82 Å². The van der Waals surface area contributed by atoms with Gasteiger partial charge in [-0.05, 0) is 37.6 Å². The molecule has 6 nitrogen and oxygen atoms in total. The van der Waals surface area contributed by atoms with Gasteiger partial charge in [0.05, 0.1) is 5.69 Å². The van der Waals surface area contributed by atoms with Gasteiger partial charge in [0, 0.05) is 25.0 Å². The Labute approximate surface area is 124 Å². The summed E-state index contributed by atoms with van der Waals surface area (Å²) in [6.45, 7) is 0.717. The summed E-state index contributed by atoms with van der Waals surface area (Å²) >= 11 is 0. The number of amides is 1. The van der Waals surface area contributed by atoms with E-state index in [-0.39, 0.29) is 5.91 Å². The van der Waals surface area contributed by atoms with E-state index in [9.17, 15) is 4.79 Å². The van der Waals surface area contributed by atoms with E-state index in [1.54, 1.807) is 29.3 Å². The highest BCUT2D eigenvalue weighted by Crippen LogP contribution is 2.16. The molecule has 2 rings (SSSR count). The third kappa shape index (κ3) is 4.68. The van der Waals surface area contributed by atoms with Gasteiger partial charge in [-0.15, -0.1) is 0 Å². The summed E-state index contributed by atoms with van der Waals surface area (Å²) in [7, 11) is 0. The maximum Gasteiger partial charge on any atom is 0.224 e. The summed E-state index contributed by atoms with van der Waals surface area (Å²) in [5.74, 6) is 0.628. The number of carbonyl (C=O) groups is 1. The van der Waals surface area contributed by atoms with Gasteiger partial charge in [0.2, 0.25) is 5.91 Å². The second-order valence-electron chi connectivity index (χ2n) is 4.83. The van der Waals surface area contributed by atoms with Crippen molar-refractivity contribution < 1.29 is 4.79 Å². The Hall–Kier alpha value is -2.21. The fraction of sp³-hybridized carbons (Fsp3) is 0.400. The van der Waals surface area contributed by atoms with E-state index in [2.05, 4.69) is 15.4 Å². The molecular formula is C15H21N5O. The first kappa shape index (κ1) is 15.2. The van der Waals surface area contributed by atoms with Gasteiger partial charge in [-0.2, -0.15) is 5.10 Å². The molecule has 0 atom stereocenters. The number of hydrogen-bond acceptors (Lipinski definition) is 4. The Morgan fingerprint density at radius 1 is 1.19 bits per heavy atom. The molecular weight excluding hydrogens is 266 g/mol. The minimum Gasteiger partial charge on any atom is -0.330 e. The lowest BCUT2D eigenvalue weighted by atomic mass is 10.1. The van der Waals surface area contributed by atoms with Gasteiger partial charge in [-0.3, -0.25) is 4.79 Å². The monoisotopic (exact) mass is 287 g/mol. The first-order valence-corrected chi connectivity index (χ1v) is 7.26. The van der Waals surface area contributed by atoms with Crippen LogP contribution >= 0.6 is 0 Å². The number of nitrogens with one attached hydrogen (secondary N) is 1. The number of hydrogen-bond donors (Lipinski definition) is 2. The van der Waals surface area contributed by atoms with Crippen molar-refractivity contribution in [1.82, 2.24) is 14.8 Å². The van der Waals surface area contributed by atoms with E-state index >= 15 is 0 Å². The van der Waals surface area contributed by atoms with Crippen LogP contribution in [-0.2, 0) is 4.79 Å². The SMILES string of the molecule is NCCCCCCC(=O)Nc1cccnc1-n1cccn1. The van der Waals surface area contributed by atoms with Crippen molar-refractivity contribution in [1.29, 1.82) is 0 Å². The summed E-state index contributed by atoms with van der Waals surface area (Å²) in [4.78, 5) is 16.2. The maximum absolute atomic E-state index is 12.0. The number of rotatable bonds is 8. The first-order chi connectivity index (χ1) is 10.3. The average Bonchev–Trinajstić information content (AvgIpc) is 3.02. The highest BCUT2D eigenvalue weighted by molar-refractivity contribution is 5.92. The molecule has 0 radical (unpaired) electrons. The molecule has 0 aliphatic heterocycles. The molecule has 6 heteroatoms. The molecule has 0 bridgehead atoms. The molecule has 3 N–H and O–H groups in total. The van der Waals surface area contributed by atoms with Gasteiger partial charge < -0.3 is 11.1 Å².